The Morgan fingerprint density at radius 2 is 1.81 bits per heavy atom. The highest BCUT2D eigenvalue weighted by atomic mass is 19.4. The van der Waals surface area contributed by atoms with Gasteiger partial charge in [0.2, 0.25) is 11.6 Å². The lowest BCUT2D eigenvalue weighted by atomic mass is 10.1. The first-order valence-corrected chi connectivity index (χ1v) is 7.38. The molecule has 0 spiro atoms. The van der Waals surface area contributed by atoms with Crippen molar-refractivity contribution in [1.82, 2.24) is 15.1 Å². The number of para-hydroxylation sites is 1. The molecule has 0 radical (unpaired) electrons. The Labute approximate surface area is 149 Å². The van der Waals surface area contributed by atoms with Gasteiger partial charge in [0.15, 0.2) is 5.82 Å². The van der Waals surface area contributed by atoms with Crippen molar-refractivity contribution in [3.05, 3.63) is 58.1 Å². The van der Waals surface area contributed by atoms with Gasteiger partial charge in [0.05, 0.1) is 16.2 Å². The first kappa shape index (κ1) is 18.1. The highest BCUT2D eigenvalue weighted by molar-refractivity contribution is 5.77. The summed E-state index contributed by atoms with van der Waals surface area (Å²) in [4.78, 5) is 18.2. The van der Waals surface area contributed by atoms with Crippen molar-refractivity contribution >= 4 is 28.8 Å². The Morgan fingerprint density at radius 1 is 1.15 bits per heavy atom. The third-order valence-electron chi connectivity index (χ3n) is 3.36. The van der Waals surface area contributed by atoms with Crippen LogP contribution >= 0.6 is 0 Å². The maximum absolute atomic E-state index is 13.1. The van der Waals surface area contributed by atoms with Crippen LogP contribution in [0.25, 0.3) is 0 Å². The summed E-state index contributed by atoms with van der Waals surface area (Å²) in [6, 6.07) is 6.04. The summed E-state index contributed by atoms with van der Waals surface area (Å²) in [7, 11) is 0. The molecule has 2 aromatic heterocycles. The van der Waals surface area contributed by atoms with Crippen molar-refractivity contribution in [3.63, 3.8) is 0 Å². The molecule has 0 saturated heterocycles. The minimum absolute atomic E-state index is 0.149. The van der Waals surface area contributed by atoms with Crippen molar-refractivity contribution in [1.29, 1.82) is 0 Å². The van der Waals surface area contributed by atoms with E-state index in [1.54, 1.807) is 6.92 Å². The lowest BCUT2D eigenvalue weighted by molar-refractivity contribution is -0.383. The maximum Gasteiger partial charge on any atom is 0.418 e. The second-order valence-corrected chi connectivity index (χ2v) is 5.29. The lowest BCUT2D eigenvalue weighted by Gasteiger charge is -2.14. The summed E-state index contributed by atoms with van der Waals surface area (Å²) in [6.45, 7) is 1.62. The van der Waals surface area contributed by atoms with Gasteiger partial charge >= 0.3 is 11.9 Å². The molecule has 0 aliphatic carbocycles. The number of halogens is 3. The number of nitro groups is 1. The predicted molar refractivity (Wildman–Crippen MR) is 87.9 cm³/mol. The molecule has 1 aromatic carbocycles. The molecule has 0 aliphatic heterocycles. The molecule has 0 amide bonds. The van der Waals surface area contributed by atoms with Crippen LogP contribution in [-0.4, -0.2) is 20.0 Å². The summed E-state index contributed by atoms with van der Waals surface area (Å²) in [6.07, 6.45) is -3.68. The van der Waals surface area contributed by atoms with Crippen molar-refractivity contribution in [3.8, 4) is 0 Å². The molecule has 0 saturated carbocycles. The number of benzene rings is 1. The van der Waals surface area contributed by atoms with Crippen LogP contribution in [0.15, 0.2) is 41.2 Å². The Morgan fingerprint density at radius 3 is 2.41 bits per heavy atom. The molecule has 12 heteroatoms. The Kier molecular flexibility index (Phi) is 4.62. The standard InChI is InChI=1S/C15H11F3N6O3/c1-8-6-11(23-27-8)22-14-12(24(25)26)13(19-7-20-14)21-10-5-3-2-4-9(10)15(16,17)18/h2-7H,1H3,(H2,19,20,21,22,23). The van der Waals surface area contributed by atoms with Crippen molar-refractivity contribution in [2.45, 2.75) is 13.1 Å². The third-order valence-corrected chi connectivity index (χ3v) is 3.36. The molecule has 2 heterocycles. The fraction of sp³-hybridized carbons (Fsp3) is 0.133. The van der Waals surface area contributed by atoms with Crippen LogP contribution in [0.1, 0.15) is 11.3 Å². The number of nitrogens with zero attached hydrogens (tertiary/aromatic N) is 4. The molecule has 2 N–H and O–H groups in total. The summed E-state index contributed by atoms with van der Waals surface area (Å²) in [5.41, 5.74) is -2.01. The molecule has 0 atom stereocenters. The molecule has 0 unspecified atom stereocenters. The average molecular weight is 380 g/mol. The summed E-state index contributed by atoms with van der Waals surface area (Å²) in [5.74, 6) is -0.0627. The Hall–Kier alpha value is -3.70. The van der Waals surface area contributed by atoms with E-state index in [0.29, 0.717) is 5.76 Å². The van der Waals surface area contributed by atoms with E-state index in [1.807, 2.05) is 0 Å². The molecular weight excluding hydrogens is 369 g/mol. The molecule has 0 aliphatic rings. The number of hydrogen-bond donors (Lipinski definition) is 2. The normalized spacial score (nSPS) is 11.3. The van der Waals surface area contributed by atoms with Crippen LogP contribution in [0.5, 0.6) is 0 Å². The van der Waals surface area contributed by atoms with Crippen molar-refractivity contribution in [2.24, 2.45) is 0 Å². The van der Waals surface area contributed by atoms with Crippen molar-refractivity contribution < 1.29 is 22.6 Å². The molecule has 9 nitrogen and oxygen atoms in total. The smallest absolute Gasteiger partial charge is 0.360 e. The summed E-state index contributed by atoms with van der Waals surface area (Å²) >= 11 is 0. The monoisotopic (exact) mass is 380 g/mol. The van der Waals surface area contributed by atoms with Gasteiger partial charge in [-0.05, 0) is 19.1 Å². The quantitative estimate of drug-likeness (QED) is 0.500. The Balaban J connectivity index is 2.02. The van der Waals surface area contributed by atoms with E-state index in [-0.39, 0.29) is 17.3 Å². The first-order valence-electron chi connectivity index (χ1n) is 7.38. The molecule has 27 heavy (non-hydrogen) atoms. The summed E-state index contributed by atoms with van der Waals surface area (Å²) in [5, 5.41) is 20.1. The fourth-order valence-corrected chi connectivity index (χ4v) is 2.25. The highest BCUT2D eigenvalue weighted by Gasteiger charge is 2.34. The largest absolute Gasteiger partial charge is 0.418 e. The van der Waals surface area contributed by atoms with Gasteiger partial charge in [-0.15, -0.1) is 0 Å². The SMILES string of the molecule is Cc1cc(Nc2ncnc(Nc3ccccc3C(F)(F)F)c2[N+](=O)[O-])no1. The predicted octanol–water partition coefficient (Wildman–Crippen LogP) is 4.19. The van der Waals surface area contributed by atoms with Gasteiger partial charge in [-0.2, -0.15) is 13.2 Å². The summed E-state index contributed by atoms with van der Waals surface area (Å²) < 4.78 is 44.3. The van der Waals surface area contributed by atoms with Crippen LogP contribution in [-0.2, 0) is 6.18 Å². The number of rotatable bonds is 5. The molecule has 140 valence electrons. The second-order valence-electron chi connectivity index (χ2n) is 5.29. The van der Waals surface area contributed by atoms with E-state index in [1.165, 1.54) is 18.2 Å². The molecule has 0 fully saturated rings. The van der Waals surface area contributed by atoms with Gasteiger partial charge in [0, 0.05) is 6.07 Å². The highest BCUT2D eigenvalue weighted by Crippen LogP contribution is 2.38. The average Bonchev–Trinajstić information content (AvgIpc) is 2.99. The molecular formula is C15H11F3N6O3. The minimum atomic E-state index is -4.65. The van der Waals surface area contributed by atoms with E-state index in [2.05, 4.69) is 25.8 Å². The Bertz CT molecular complexity index is 989. The lowest BCUT2D eigenvalue weighted by Crippen LogP contribution is -2.10. The van der Waals surface area contributed by atoms with Gasteiger partial charge in [-0.25, -0.2) is 9.97 Å². The number of aromatic nitrogens is 3. The van der Waals surface area contributed by atoms with Gasteiger partial charge in [-0.1, -0.05) is 17.3 Å². The zero-order chi connectivity index (χ0) is 19.6. The van der Waals surface area contributed by atoms with Crippen LogP contribution in [0.2, 0.25) is 0 Å². The number of hydrogen-bond acceptors (Lipinski definition) is 8. The maximum atomic E-state index is 13.1. The number of alkyl halides is 3. The topological polar surface area (TPSA) is 119 Å². The van der Waals surface area contributed by atoms with Crippen LogP contribution in [0.3, 0.4) is 0 Å². The zero-order valence-electron chi connectivity index (χ0n) is 13.6. The second kappa shape index (κ2) is 6.90. The van der Waals surface area contributed by atoms with Gasteiger partial charge < -0.3 is 15.2 Å². The van der Waals surface area contributed by atoms with Crippen molar-refractivity contribution in [2.75, 3.05) is 10.6 Å². The molecule has 0 bridgehead atoms. The zero-order valence-corrected chi connectivity index (χ0v) is 13.6. The minimum Gasteiger partial charge on any atom is -0.360 e. The van der Waals surface area contributed by atoms with Crippen LogP contribution in [0, 0.1) is 17.0 Å². The van der Waals surface area contributed by atoms with E-state index < -0.39 is 28.2 Å². The van der Waals surface area contributed by atoms with E-state index in [9.17, 15) is 23.3 Å². The van der Waals surface area contributed by atoms with Gasteiger partial charge in [-0.3, -0.25) is 10.1 Å². The fourth-order valence-electron chi connectivity index (χ4n) is 2.25. The van der Waals surface area contributed by atoms with E-state index in [0.717, 1.165) is 18.5 Å². The number of nitrogens with one attached hydrogen (secondary N) is 2. The number of anilines is 4. The van der Waals surface area contributed by atoms with Crippen LogP contribution < -0.4 is 10.6 Å². The molecule has 3 rings (SSSR count). The number of aryl methyl sites for hydroxylation is 1. The third kappa shape index (κ3) is 3.94. The van der Waals surface area contributed by atoms with E-state index in [4.69, 9.17) is 4.52 Å². The van der Waals surface area contributed by atoms with Crippen LogP contribution in [0.4, 0.5) is 42.0 Å². The van der Waals surface area contributed by atoms with Gasteiger partial charge in [0.1, 0.15) is 12.1 Å². The van der Waals surface area contributed by atoms with Gasteiger partial charge in [0.25, 0.3) is 0 Å². The molecule has 3 aromatic rings. The first-order chi connectivity index (χ1) is 12.8. The van der Waals surface area contributed by atoms with E-state index >= 15 is 0 Å².